The molecule has 0 heterocycles. The zero-order chi connectivity index (χ0) is 19.8. The quantitative estimate of drug-likeness (QED) is 0.650. The third-order valence-electron chi connectivity index (χ3n) is 3.66. The van der Waals surface area contributed by atoms with Gasteiger partial charge in [0.05, 0.1) is 18.2 Å². The Bertz CT molecular complexity index is 824. The van der Waals surface area contributed by atoms with Crippen LogP contribution < -0.4 is 20.1 Å². The molecule has 0 spiro atoms. The fourth-order valence-corrected chi connectivity index (χ4v) is 2.96. The van der Waals surface area contributed by atoms with Gasteiger partial charge in [-0.15, -0.1) is 0 Å². The fourth-order valence-electron chi connectivity index (χ4n) is 2.40. The number of amides is 2. The normalized spacial score (nSPS) is 10.2. The molecule has 0 aromatic heterocycles. The molecular weight excluding hydrogens is 412 g/mol. The summed E-state index contributed by atoms with van der Waals surface area (Å²) in [6.07, 6.45) is 0.861. The van der Waals surface area contributed by atoms with Crippen LogP contribution in [0, 0.1) is 0 Å². The van der Waals surface area contributed by atoms with Crippen molar-refractivity contribution in [3.63, 3.8) is 0 Å². The van der Waals surface area contributed by atoms with Crippen LogP contribution in [0.5, 0.6) is 11.5 Å². The molecule has 7 heteroatoms. The van der Waals surface area contributed by atoms with Crippen LogP contribution in [0.25, 0.3) is 0 Å². The minimum Gasteiger partial charge on any atom is -0.493 e. The maximum Gasteiger partial charge on any atom is 0.255 e. The number of carbonyl (C=O) groups is 2. The van der Waals surface area contributed by atoms with Crippen molar-refractivity contribution in [3.8, 4) is 11.5 Å². The molecule has 0 radical (unpaired) electrons. The van der Waals surface area contributed by atoms with Crippen LogP contribution in [0.15, 0.2) is 40.9 Å². The van der Waals surface area contributed by atoms with Crippen LogP contribution in [0.4, 0.5) is 5.69 Å². The van der Waals surface area contributed by atoms with Crippen molar-refractivity contribution < 1.29 is 19.1 Å². The number of benzene rings is 2. The molecule has 2 aromatic carbocycles. The lowest BCUT2D eigenvalue weighted by Gasteiger charge is -2.14. The molecule has 0 atom stereocenters. The molecule has 2 aromatic rings. The van der Waals surface area contributed by atoms with E-state index in [-0.39, 0.29) is 11.8 Å². The van der Waals surface area contributed by atoms with Crippen molar-refractivity contribution in [1.29, 1.82) is 0 Å². The van der Waals surface area contributed by atoms with Gasteiger partial charge < -0.3 is 20.1 Å². The molecule has 27 heavy (non-hydrogen) atoms. The number of hydrogen-bond donors (Lipinski definition) is 2. The Morgan fingerprint density at radius 3 is 2.52 bits per heavy atom. The van der Waals surface area contributed by atoms with E-state index < -0.39 is 0 Å². The average Bonchev–Trinajstić information content (AvgIpc) is 2.66. The van der Waals surface area contributed by atoms with E-state index in [0.29, 0.717) is 45.9 Å². The van der Waals surface area contributed by atoms with Gasteiger partial charge in [-0.2, -0.15) is 0 Å². The first kappa shape index (κ1) is 20.8. The summed E-state index contributed by atoms with van der Waals surface area (Å²) < 4.78 is 11.7. The summed E-state index contributed by atoms with van der Waals surface area (Å²) in [4.78, 5) is 24.6. The van der Waals surface area contributed by atoms with Gasteiger partial charge in [-0.25, -0.2) is 0 Å². The van der Waals surface area contributed by atoms with Crippen molar-refractivity contribution in [1.82, 2.24) is 5.32 Å². The fraction of sp³-hybridized carbons (Fsp3) is 0.300. The van der Waals surface area contributed by atoms with E-state index in [9.17, 15) is 9.59 Å². The average molecular weight is 435 g/mol. The molecule has 0 aliphatic carbocycles. The van der Waals surface area contributed by atoms with Crippen molar-refractivity contribution in [2.24, 2.45) is 0 Å². The number of nitrogens with one attached hydrogen (secondary N) is 2. The van der Waals surface area contributed by atoms with E-state index in [0.717, 1.165) is 6.42 Å². The molecule has 2 amide bonds. The molecular formula is C20H23BrN2O4. The minimum atomic E-state index is -0.316. The van der Waals surface area contributed by atoms with E-state index in [1.54, 1.807) is 36.4 Å². The molecule has 0 aliphatic rings. The summed E-state index contributed by atoms with van der Waals surface area (Å²) in [5.74, 6) is 0.535. The predicted octanol–water partition coefficient (Wildman–Crippen LogP) is 4.25. The van der Waals surface area contributed by atoms with Gasteiger partial charge in [0, 0.05) is 23.4 Å². The number of methoxy groups -OCH3 is 1. The van der Waals surface area contributed by atoms with Crippen molar-refractivity contribution in [3.05, 3.63) is 52.0 Å². The standard InChI is InChI=1S/C20H23BrN2O4/c1-4-9-27-18-16(21)11-14(12-17(18)26-3)20(25)23-15-8-6-7-13(10-15)19(24)22-5-2/h6-8,10-12H,4-5,9H2,1-3H3,(H,22,24)(H,23,25). The summed E-state index contributed by atoms with van der Waals surface area (Å²) in [6, 6.07) is 10.1. The van der Waals surface area contributed by atoms with Crippen LogP contribution in [0.1, 0.15) is 41.0 Å². The zero-order valence-electron chi connectivity index (χ0n) is 15.6. The Morgan fingerprint density at radius 2 is 1.85 bits per heavy atom. The highest BCUT2D eigenvalue weighted by Gasteiger charge is 2.16. The maximum atomic E-state index is 12.6. The van der Waals surface area contributed by atoms with Crippen LogP contribution in [-0.4, -0.2) is 32.1 Å². The van der Waals surface area contributed by atoms with Crippen LogP contribution in [0.3, 0.4) is 0 Å². The third kappa shape index (κ3) is 5.47. The highest BCUT2D eigenvalue weighted by molar-refractivity contribution is 9.10. The largest absolute Gasteiger partial charge is 0.493 e. The van der Waals surface area contributed by atoms with Gasteiger partial charge in [0.25, 0.3) is 11.8 Å². The van der Waals surface area contributed by atoms with Gasteiger partial charge in [0.15, 0.2) is 11.5 Å². The lowest BCUT2D eigenvalue weighted by molar-refractivity contribution is 0.0954. The van der Waals surface area contributed by atoms with Gasteiger partial charge >= 0.3 is 0 Å². The first-order valence-electron chi connectivity index (χ1n) is 8.70. The smallest absolute Gasteiger partial charge is 0.255 e. The maximum absolute atomic E-state index is 12.6. The number of ether oxygens (including phenoxy) is 2. The molecule has 144 valence electrons. The molecule has 6 nitrogen and oxygen atoms in total. The first-order chi connectivity index (χ1) is 13.0. The Kier molecular flexibility index (Phi) is 7.67. The molecule has 0 fully saturated rings. The summed E-state index contributed by atoms with van der Waals surface area (Å²) in [6.45, 7) is 4.95. The number of carbonyl (C=O) groups excluding carboxylic acids is 2. The number of halogens is 1. The van der Waals surface area contributed by atoms with Gasteiger partial charge in [-0.1, -0.05) is 13.0 Å². The third-order valence-corrected chi connectivity index (χ3v) is 4.25. The number of rotatable bonds is 8. The van der Waals surface area contributed by atoms with E-state index in [1.807, 2.05) is 13.8 Å². The van der Waals surface area contributed by atoms with Gasteiger partial charge in [-0.05, 0) is 59.6 Å². The van der Waals surface area contributed by atoms with E-state index in [2.05, 4.69) is 26.6 Å². The summed E-state index contributed by atoms with van der Waals surface area (Å²) in [5.41, 5.74) is 1.42. The summed E-state index contributed by atoms with van der Waals surface area (Å²) in [5, 5.41) is 5.53. The minimum absolute atomic E-state index is 0.185. The zero-order valence-corrected chi connectivity index (χ0v) is 17.2. The van der Waals surface area contributed by atoms with Crippen molar-refractivity contribution in [2.75, 3.05) is 25.6 Å². The molecule has 0 bridgehead atoms. The predicted molar refractivity (Wildman–Crippen MR) is 109 cm³/mol. The van der Waals surface area contributed by atoms with Gasteiger partial charge in [0.2, 0.25) is 0 Å². The number of anilines is 1. The van der Waals surface area contributed by atoms with Crippen LogP contribution in [-0.2, 0) is 0 Å². The summed E-state index contributed by atoms with van der Waals surface area (Å²) in [7, 11) is 1.53. The molecule has 0 unspecified atom stereocenters. The highest BCUT2D eigenvalue weighted by atomic mass is 79.9. The second-order valence-electron chi connectivity index (χ2n) is 5.73. The van der Waals surface area contributed by atoms with Gasteiger partial charge in [0.1, 0.15) is 0 Å². The summed E-state index contributed by atoms with van der Waals surface area (Å²) >= 11 is 3.43. The monoisotopic (exact) mass is 434 g/mol. The van der Waals surface area contributed by atoms with Crippen molar-refractivity contribution in [2.45, 2.75) is 20.3 Å². The van der Waals surface area contributed by atoms with E-state index >= 15 is 0 Å². The molecule has 2 N–H and O–H groups in total. The lowest BCUT2D eigenvalue weighted by atomic mass is 10.1. The highest BCUT2D eigenvalue weighted by Crippen LogP contribution is 2.37. The molecule has 2 rings (SSSR count). The molecule has 0 saturated heterocycles. The Hall–Kier alpha value is -2.54. The Morgan fingerprint density at radius 1 is 1.07 bits per heavy atom. The van der Waals surface area contributed by atoms with Gasteiger partial charge in [-0.3, -0.25) is 9.59 Å². The SMILES string of the molecule is CCCOc1c(Br)cc(C(=O)Nc2cccc(C(=O)NCC)c2)cc1OC. The molecule has 0 saturated carbocycles. The van der Waals surface area contributed by atoms with E-state index in [4.69, 9.17) is 9.47 Å². The van der Waals surface area contributed by atoms with E-state index in [1.165, 1.54) is 7.11 Å². The Balaban J connectivity index is 2.22. The van der Waals surface area contributed by atoms with Crippen molar-refractivity contribution >= 4 is 33.4 Å². The molecule has 0 aliphatic heterocycles. The van der Waals surface area contributed by atoms with Crippen LogP contribution in [0.2, 0.25) is 0 Å². The lowest BCUT2D eigenvalue weighted by Crippen LogP contribution is -2.22. The van der Waals surface area contributed by atoms with Crippen LogP contribution >= 0.6 is 15.9 Å². The second kappa shape index (κ2) is 9.97. The number of hydrogen-bond acceptors (Lipinski definition) is 4. The first-order valence-corrected chi connectivity index (χ1v) is 9.49. The second-order valence-corrected chi connectivity index (χ2v) is 6.59. The topological polar surface area (TPSA) is 76.7 Å². The Labute approximate surface area is 167 Å².